The summed E-state index contributed by atoms with van der Waals surface area (Å²) in [6.45, 7) is 7.19. The van der Waals surface area contributed by atoms with E-state index in [2.05, 4.69) is 0 Å². The highest BCUT2D eigenvalue weighted by Crippen LogP contribution is 2.19. The van der Waals surface area contributed by atoms with Gasteiger partial charge in [0, 0.05) is 0 Å². The number of ether oxygens (including phenoxy) is 1. The zero-order valence-corrected chi connectivity index (χ0v) is 13.3. The van der Waals surface area contributed by atoms with Crippen LogP contribution in [0.25, 0.3) is 6.08 Å². The fourth-order valence-corrected chi connectivity index (χ4v) is 1.85. The Labute approximate surface area is 130 Å². The van der Waals surface area contributed by atoms with Gasteiger partial charge in [0.2, 0.25) is 0 Å². The van der Waals surface area contributed by atoms with Crippen LogP contribution in [0, 0.1) is 13.8 Å². The molecule has 0 heterocycles. The number of hydrogen-bond donors (Lipinski definition) is 2. The van der Waals surface area contributed by atoms with E-state index in [-0.39, 0.29) is 0 Å². The predicted molar refractivity (Wildman–Crippen MR) is 83.4 cm³/mol. The number of carboxylic acids is 1. The molecule has 1 atom stereocenters. The first-order chi connectivity index (χ1) is 10.1. The van der Waals surface area contributed by atoms with E-state index in [0.29, 0.717) is 0 Å². The molecule has 5 heteroatoms. The number of carboxylic acid groups (broad SMARTS) is 1. The normalized spacial score (nSPS) is 14.1. The molecule has 0 fully saturated rings. The molecule has 0 radical (unpaired) electrons. The summed E-state index contributed by atoms with van der Waals surface area (Å²) >= 11 is 0. The van der Waals surface area contributed by atoms with Gasteiger partial charge in [0.1, 0.15) is 0 Å². The van der Waals surface area contributed by atoms with Crippen molar-refractivity contribution >= 4 is 18.0 Å². The number of hydrogen-bond acceptors (Lipinski definition) is 4. The molecule has 120 valence electrons. The van der Waals surface area contributed by atoms with Gasteiger partial charge in [0.05, 0.1) is 12.5 Å². The molecule has 2 N–H and O–H groups in total. The predicted octanol–water partition coefficient (Wildman–Crippen LogP) is 2.47. The maximum Gasteiger partial charge on any atom is 0.343 e. The number of aliphatic hydroxyl groups is 1. The number of rotatable bonds is 6. The maximum atomic E-state index is 12.0. The zero-order valence-electron chi connectivity index (χ0n) is 13.3. The summed E-state index contributed by atoms with van der Waals surface area (Å²) in [6.07, 6.45) is 1.51. The first-order valence-electron chi connectivity index (χ1n) is 7.06. The second kappa shape index (κ2) is 7.22. The van der Waals surface area contributed by atoms with Crippen LogP contribution in [0.5, 0.6) is 0 Å². The lowest BCUT2D eigenvalue weighted by atomic mass is 9.97. The molecule has 0 aliphatic carbocycles. The molecule has 0 spiro atoms. The Bertz CT molecular complexity index is 589. The molecule has 1 rings (SSSR count). The molecule has 0 amide bonds. The highest BCUT2D eigenvalue weighted by Gasteiger charge is 2.38. The first kappa shape index (κ1) is 17.9. The monoisotopic (exact) mass is 306 g/mol. The Balaban J connectivity index is 3.06. The number of carbonyl (C=O) groups excluding carboxylic acids is 1. The smallest absolute Gasteiger partial charge is 0.343 e. The Hall–Kier alpha value is -2.14. The van der Waals surface area contributed by atoms with E-state index in [1.165, 1.54) is 12.2 Å². The SMILES string of the molecule is Cc1ccc(/C=C/C(O)(CC(=O)O)C(=O)OC(C)C)cc1C. The van der Waals surface area contributed by atoms with Crippen molar-refractivity contribution in [1.82, 2.24) is 0 Å². The van der Waals surface area contributed by atoms with Gasteiger partial charge in [-0.05, 0) is 50.5 Å². The van der Waals surface area contributed by atoms with Crippen molar-refractivity contribution in [3.05, 3.63) is 41.0 Å². The molecule has 0 aromatic heterocycles. The second-order valence-corrected chi connectivity index (χ2v) is 5.63. The summed E-state index contributed by atoms with van der Waals surface area (Å²) < 4.78 is 4.94. The van der Waals surface area contributed by atoms with Gasteiger partial charge in [0.25, 0.3) is 0 Å². The van der Waals surface area contributed by atoms with Crippen LogP contribution >= 0.6 is 0 Å². The third kappa shape index (κ3) is 5.00. The molecule has 0 aliphatic rings. The van der Waals surface area contributed by atoms with Crippen LogP contribution in [-0.2, 0) is 14.3 Å². The minimum absolute atomic E-state index is 0.442. The summed E-state index contributed by atoms with van der Waals surface area (Å²) in [4.78, 5) is 22.9. The Morgan fingerprint density at radius 1 is 1.27 bits per heavy atom. The van der Waals surface area contributed by atoms with E-state index < -0.39 is 30.1 Å². The summed E-state index contributed by atoms with van der Waals surface area (Å²) in [5, 5.41) is 19.3. The van der Waals surface area contributed by atoms with Gasteiger partial charge >= 0.3 is 11.9 Å². The lowest BCUT2D eigenvalue weighted by Crippen LogP contribution is -2.41. The van der Waals surface area contributed by atoms with Gasteiger partial charge in [-0.25, -0.2) is 4.79 Å². The van der Waals surface area contributed by atoms with Crippen molar-refractivity contribution in [2.75, 3.05) is 0 Å². The third-order valence-corrected chi connectivity index (χ3v) is 3.20. The summed E-state index contributed by atoms with van der Waals surface area (Å²) in [5.74, 6) is -2.25. The topological polar surface area (TPSA) is 83.8 Å². The van der Waals surface area contributed by atoms with E-state index in [4.69, 9.17) is 9.84 Å². The molecular weight excluding hydrogens is 284 g/mol. The van der Waals surface area contributed by atoms with Gasteiger partial charge in [-0.2, -0.15) is 0 Å². The van der Waals surface area contributed by atoms with E-state index in [1.54, 1.807) is 13.8 Å². The molecule has 0 aliphatic heterocycles. The maximum absolute atomic E-state index is 12.0. The molecular formula is C17H22O5. The van der Waals surface area contributed by atoms with Gasteiger partial charge in [-0.3, -0.25) is 4.79 Å². The van der Waals surface area contributed by atoms with Crippen LogP contribution in [0.15, 0.2) is 24.3 Å². The Morgan fingerprint density at radius 2 is 1.91 bits per heavy atom. The van der Waals surface area contributed by atoms with Crippen LogP contribution in [0.3, 0.4) is 0 Å². The average Bonchev–Trinajstić information content (AvgIpc) is 2.38. The van der Waals surface area contributed by atoms with Crippen molar-refractivity contribution in [1.29, 1.82) is 0 Å². The van der Waals surface area contributed by atoms with Gasteiger partial charge in [-0.1, -0.05) is 24.3 Å². The minimum atomic E-state index is -2.19. The van der Waals surface area contributed by atoms with E-state index in [1.807, 2.05) is 32.0 Å². The van der Waals surface area contributed by atoms with Crippen LogP contribution in [0.1, 0.15) is 37.0 Å². The van der Waals surface area contributed by atoms with Crippen LogP contribution in [-0.4, -0.2) is 33.9 Å². The number of carbonyl (C=O) groups is 2. The first-order valence-corrected chi connectivity index (χ1v) is 7.06. The van der Waals surface area contributed by atoms with Gasteiger partial charge < -0.3 is 14.9 Å². The van der Waals surface area contributed by atoms with E-state index in [0.717, 1.165) is 16.7 Å². The van der Waals surface area contributed by atoms with Crippen LogP contribution < -0.4 is 0 Å². The highest BCUT2D eigenvalue weighted by atomic mass is 16.6. The molecule has 0 bridgehead atoms. The number of benzene rings is 1. The quantitative estimate of drug-likeness (QED) is 0.789. The van der Waals surface area contributed by atoms with Crippen LogP contribution in [0.4, 0.5) is 0 Å². The summed E-state index contributed by atoms with van der Waals surface area (Å²) in [5.41, 5.74) is 0.768. The largest absolute Gasteiger partial charge is 0.481 e. The number of aliphatic carboxylic acids is 1. The Morgan fingerprint density at radius 3 is 2.41 bits per heavy atom. The van der Waals surface area contributed by atoms with Gasteiger partial charge in [-0.15, -0.1) is 0 Å². The standard InChI is InChI=1S/C17H22O5/c1-11(2)22-16(20)17(21,10-15(18)19)8-7-14-6-5-12(3)13(4)9-14/h5-9,11,21H,10H2,1-4H3,(H,18,19)/b8-7+. The van der Waals surface area contributed by atoms with Crippen LogP contribution in [0.2, 0.25) is 0 Å². The Kier molecular flexibility index (Phi) is 5.88. The summed E-state index contributed by atoms with van der Waals surface area (Å²) in [6, 6.07) is 5.63. The molecule has 0 saturated carbocycles. The molecule has 1 aromatic carbocycles. The second-order valence-electron chi connectivity index (χ2n) is 5.63. The lowest BCUT2D eigenvalue weighted by Gasteiger charge is -2.22. The van der Waals surface area contributed by atoms with Crippen molar-refractivity contribution in [2.24, 2.45) is 0 Å². The molecule has 22 heavy (non-hydrogen) atoms. The van der Waals surface area contributed by atoms with Crippen molar-refractivity contribution in [2.45, 2.75) is 45.8 Å². The summed E-state index contributed by atoms with van der Waals surface area (Å²) in [7, 11) is 0. The molecule has 1 unspecified atom stereocenters. The molecule has 0 saturated heterocycles. The van der Waals surface area contributed by atoms with Crippen molar-refractivity contribution < 1.29 is 24.5 Å². The number of esters is 1. The van der Waals surface area contributed by atoms with Crippen molar-refractivity contribution in [3.8, 4) is 0 Å². The van der Waals surface area contributed by atoms with E-state index >= 15 is 0 Å². The highest BCUT2D eigenvalue weighted by molar-refractivity contribution is 5.88. The minimum Gasteiger partial charge on any atom is -0.481 e. The fourth-order valence-electron chi connectivity index (χ4n) is 1.85. The number of aryl methyl sites for hydroxylation is 2. The average molecular weight is 306 g/mol. The lowest BCUT2D eigenvalue weighted by molar-refractivity contribution is -0.169. The zero-order chi connectivity index (χ0) is 16.9. The molecule has 1 aromatic rings. The van der Waals surface area contributed by atoms with Crippen molar-refractivity contribution in [3.63, 3.8) is 0 Å². The fraction of sp³-hybridized carbons (Fsp3) is 0.412. The van der Waals surface area contributed by atoms with E-state index in [9.17, 15) is 14.7 Å². The third-order valence-electron chi connectivity index (χ3n) is 3.20. The van der Waals surface area contributed by atoms with Gasteiger partial charge in [0.15, 0.2) is 5.60 Å². The molecule has 5 nitrogen and oxygen atoms in total.